The van der Waals surface area contributed by atoms with E-state index in [9.17, 15) is 18.7 Å². The number of pyridine rings is 1. The highest BCUT2D eigenvalue weighted by Gasteiger charge is 2.24. The van der Waals surface area contributed by atoms with Gasteiger partial charge in [0.25, 0.3) is 0 Å². The van der Waals surface area contributed by atoms with Crippen molar-refractivity contribution in [3.05, 3.63) is 112 Å². The zero-order valence-corrected chi connectivity index (χ0v) is 22.6. The molecule has 0 bridgehead atoms. The van der Waals surface area contributed by atoms with Gasteiger partial charge in [-0.1, -0.05) is 24.3 Å². The standard InChI is InChI=1S/C32H23F3N4O4/c33-24-10-18(15-36)4-5-21(24)17-43-31-3-1-2-27(38-31)20-7-6-19(25(34)11-20)12-30-37-28-14-26(35)23(32(40)41)13-29(28)39(30)16-22-8-9-42-22/h1-7,10-11,13-14,22H,8-9,12,16-17H2,(H,40,41)/t22-/m0/s1. The van der Waals surface area contributed by atoms with Gasteiger partial charge in [-0.3, -0.25) is 0 Å². The van der Waals surface area contributed by atoms with Gasteiger partial charge in [0.1, 0.15) is 29.9 Å². The number of carboxylic acid groups (broad SMARTS) is 1. The lowest BCUT2D eigenvalue weighted by atomic mass is 10.1. The Bertz CT molecular complexity index is 1910. The Hall–Kier alpha value is -5.21. The van der Waals surface area contributed by atoms with E-state index >= 15 is 4.39 Å². The van der Waals surface area contributed by atoms with Gasteiger partial charge in [0.15, 0.2) is 0 Å². The van der Waals surface area contributed by atoms with Crippen LogP contribution in [-0.2, 0) is 24.3 Å². The van der Waals surface area contributed by atoms with Gasteiger partial charge in [-0.15, -0.1) is 0 Å². The molecular formula is C32H23F3N4O4. The number of hydrogen-bond acceptors (Lipinski definition) is 6. The maximum absolute atomic E-state index is 15.4. The summed E-state index contributed by atoms with van der Waals surface area (Å²) in [5.41, 5.74) is 1.97. The third-order valence-electron chi connectivity index (χ3n) is 7.30. The van der Waals surface area contributed by atoms with Gasteiger partial charge >= 0.3 is 5.97 Å². The summed E-state index contributed by atoms with van der Waals surface area (Å²) in [6.07, 6.45) is 0.785. The van der Waals surface area contributed by atoms with Gasteiger partial charge < -0.3 is 19.1 Å². The highest BCUT2D eigenvalue weighted by molar-refractivity contribution is 5.93. The second-order valence-corrected chi connectivity index (χ2v) is 10.1. The highest BCUT2D eigenvalue weighted by atomic mass is 19.1. The van der Waals surface area contributed by atoms with Crippen LogP contribution in [0.2, 0.25) is 0 Å². The summed E-state index contributed by atoms with van der Waals surface area (Å²) in [6.45, 7) is 0.885. The number of benzene rings is 3. The molecule has 0 saturated carbocycles. The van der Waals surface area contributed by atoms with Crippen LogP contribution in [0.3, 0.4) is 0 Å². The maximum atomic E-state index is 15.4. The first-order chi connectivity index (χ1) is 20.8. The van der Waals surface area contributed by atoms with Gasteiger partial charge in [0, 0.05) is 36.3 Å². The molecule has 1 atom stereocenters. The molecular weight excluding hydrogens is 561 g/mol. The van der Waals surface area contributed by atoms with Crippen LogP contribution in [0, 0.1) is 28.8 Å². The highest BCUT2D eigenvalue weighted by Crippen LogP contribution is 2.28. The van der Waals surface area contributed by atoms with Crippen LogP contribution < -0.4 is 4.74 Å². The second kappa shape index (κ2) is 11.6. The molecule has 8 nitrogen and oxygen atoms in total. The van der Waals surface area contributed by atoms with Crippen LogP contribution in [0.25, 0.3) is 22.3 Å². The zero-order valence-electron chi connectivity index (χ0n) is 22.6. The Morgan fingerprint density at radius 3 is 2.51 bits per heavy atom. The summed E-state index contributed by atoms with van der Waals surface area (Å²) >= 11 is 0. The molecule has 1 aliphatic heterocycles. The number of rotatable bonds is 9. The molecule has 2 aromatic heterocycles. The third-order valence-corrected chi connectivity index (χ3v) is 7.30. The number of carbonyl (C=O) groups is 1. The molecule has 1 aliphatic rings. The fourth-order valence-corrected chi connectivity index (χ4v) is 4.89. The number of aromatic carboxylic acids is 1. The average Bonchev–Trinajstić information content (AvgIpc) is 3.30. The van der Waals surface area contributed by atoms with Crippen LogP contribution >= 0.6 is 0 Å². The molecule has 0 aliphatic carbocycles. The van der Waals surface area contributed by atoms with Gasteiger partial charge in [-0.05, 0) is 42.3 Å². The predicted octanol–water partition coefficient (Wildman–Crippen LogP) is 6.04. The molecule has 3 aromatic carbocycles. The molecule has 216 valence electrons. The number of nitrogens with zero attached hydrogens (tertiary/aromatic N) is 4. The third kappa shape index (κ3) is 5.78. The Morgan fingerprint density at radius 1 is 1.02 bits per heavy atom. The fourth-order valence-electron chi connectivity index (χ4n) is 4.89. The summed E-state index contributed by atoms with van der Waals surface area (Å²) in [4.78, 5) is 20.5. The van der Waals surface area contributed by atoms with E-state index in [-0.39, 0.29) is 41.7 Å². The number of nitriles is 1. The average molecular weight is 585 g/mol. The molecule has 1 N–H and O–H groups in total. The zero-order chi connectivity index (χ0) is 30.1. The topological polar surface area (TPSA) is 110 Å². The molecule has 0 amide bonds. The van der Waals surface area contributed by atoms with Gasteiger partial charge in [-0.2, -0.15) is 5.26 Å². The summed E-state index contributed by atoms with van der Waals surface area (Å²) in [5, 5.41) is 18.3. The molecule has 1 saturated heterocycles. The van der Waals surface area contributed by atoms with E-state index in [0.29, 0.717) is 41.3 Å². The first-order valence-corrected chi connectivity index (χ1v) is 13.4. The number of halogens is 3. The lowest BCUT2D eigenvalue weighted by Gasteiger charge is -2.27. The predicted molar refractivity (Wildman–Crippen MR) is 149 cm³/mol. The summed E-state index contributed by atoms with van der Waals surface area (Å²) < 4.78 is 57.0. The lowest BCUT2D eigenvalue weighted by Crippen LogP contribution is -2.31. The lowest BCUT2D eigenvalue weighted by molar-refractivity contribution is -0.0589. The fraction of sp³-hybridized carbons (Fsp3) is 0.188. The Kier molecular flexibility index (Phi) is 7.52. The van der Waals surface area contributed by atoms with E-state index in [1.807, 2.05) is 6.07 Å². The molecule has 11 heteroatoms. The van der Waals surface area contributed by atoms with Crippen molar-refractivity contribution >= 4 is 17.0 Å². The Balaban J connectivity index is 1.24. The minimum absolute atomic E-state index is 0.0737. The molecule has 6 rings (SSSR count). The number of aromatic nitrogens is 3. The van der Waals surface area contributed by atoms with E-state index in [1.165, 1.54) is 24.3 Å². The number of imidazole rings is 1. The Labute approximate surface area is 243 Å². The quantitative estimate of drug-likeness (QED) is 0.225. The van der Waals surface area contributed by atoms with Gasteiger partial charge in [0.2, 0.25) is 5.88 Å². The minimum atomic E-state index is -1.39. The van der Waals surface area contributed by atoms with Crippen molar-refractivity contribution in [2.45, 2.75) is 32.1 Å². The molecule has 3 heterocycles. The molecule has 0 radical (unpaired) electrons. The smallest absolute Gasteiger partial charge is 0.338 e. The van der Waals surface area contributed by atoms with Crippen molar-refractivity contribution < 1.29 is 32.5 Å². The van der Waals surface area contributed by atoms with Crippen LogP contribution in [0.1, 0.15) is 39.3 Å². The Morgan fingerprint density at radius 2 is 1.81 bits per heavy atom. The molecule has 1 fully saturated rings. The number of hydrogen-bond donors (Lipinski definition) is 1. The van der Waals surface area contributed by atoms with Gasteiger partial charge in [-0.25, -0.2) is 27.9 Å². The normalized spacial score (nSPS) is 14.3. The van der Waals surface area contributed by atoms with Crippen molar-refractivity contribution in [1.29, 1.82) is 5.26 Å². The van der Waals surface area contributed by atoms with Crippen molar-refractivity contribution in [2.24, 2.45) is 0 Å². The SMILES string of the molecule is N#Cc1ccc(COc2cccc(-c3ccc(Cc4nc5cc(F)c(C(=O)O)cc5n4C[C@@H]4CCO4)c(F)c3)n2)c(F)c1. The van der Waals surface area contributed by atoms with E-state index in [2.05, 4.69) is 9.97 Å². The van der Waals surface area contributed by atoms with Crippen molar-refractivity contribution in [3.8, 4) is 23.2 Å². The van der Waals surface area contributed by atoms with E-state index in [4.69, 9.17) is 14.7 Å². The van der Waals surface area contributed by atoms with E-state index in [1.54, 1.807) is 34.9 Å². The maximum Gasteiger partial charge on any atom is 0.338 e. The molecule has 0 spiro atoms. The summed E-state index contributed by atoms with van der Waals surface area (Å²) in [5.74, 6) is -2.70. The van der Waals surface area contributed by atoms with Crippen LogP contribution in [0.5, 0.6) is 5.88 Å². The first kappa shape index (κ1) is 27.9. The van der Waals surface area contributed by atoms with Crippen LogP contribution in [0.4, 0.5) is 13.2 Å². The second-order valence-electron chi connectivity index (χ2n) is 10.1. The van der Waals surface area contributed by atoms with Crippen LogP contribution in [-0.4, -0.2) is 38.3 Å². The van der Waals surface area contributed by atoms with Crippen molar-refractivity contribution in [1.82, 2.24) is 14.5 Å². The van der Waals surface area contributed by atoms with Crippen molar-refractivity contribution in [3.63, 3.8) is 0 Å². The summed E-state index contributed by atoms with van der Waals surface area (Å²) in [7, 11) is 0. The number of fused-ring (bicyclic) bond motifs is 1. The van der Waals surface area contributed by atoms with Crippen LogP contribution in [0.15, 0.2) is 66.7 Å². The van der Waals surface area contributed by atoms with E-state index < -0.39 is 29.0 Å². The minimum Gasteiger partial charge on any atom is -0.478 e. The number of carboxylic acids is 1. The van der Waals surface area contributed by atoms with Crippen molar-refractivity contribution in [2.75, 3.05) is 6.61 Å². The van der Waals surface area contributed by atoms with Gasteiger partial charge in [0.05, 0.1) is 46.6 Å². The molecule has 43 heavy (non-hydrogen) atoms. The van der Waals surface area contributed by atoms with E-state index in [0.717, 1.165) is 18.6 Å². The monoisotopic (exact) mass is 584 g/mol. The first-order valence-electron chi connectivity index (χ1n) is 13.4. The molecule has 0 unspecified atom stereocenters. The largest absolute Gasteiger partial charge is 0.478 e. The summed E-state index contributed by atoms with van der Waals surface area (Å²) in [6, 6.07) is 17.9. The number of ether oxygens (including phenoxy) is 2. The molecule has 5 aromatic rings.